The average molecular weight is 391 g/mol. The van der Waals surface area contributed by atoms with Crippen molar-refractivity contribution in [1.29, 1.82) is 0 Å². The number of rotatable bonds is 6. The van der Waals surface area contributed by atoms with Crippen LogP contribution < -0.4 is 10.6 Å². The topological polar surface area (TPSA) is 105 Å². The van der Waals surface area contributed by atoms with Gasteiger partial charge in [0.2, 0.25) is 5.91 Å². The summed E-state index contributed by atoms with van der Waals surface area (Å²) in [6.07, 6.45) is 5.78. The number of nitrogens with zero attached hydrogens (tertiary/aromatic N) is 1. The van der Waals surface area contributed by atoms with Gasteiger partial charge >= 0.3 is 12.0 Å². The highest BCUT2D eigenvalue weighted by atomic mass is 16.5. The van der Waals surface area contributed by atoms with Crippen LogP contribution in [-0.2, 0) is 19.1 Å². The van der Waals surface area contributed by atoms with E-state index in [9.17, 15) is 19.2 Å². The van der Waals surface area contributed by atoms with Crippen LogP contribution >= 0.6 is 0 Å². The number of ether oxygens (including phenoxy) is 1. The van der Waals surface area contributed by atoms with Gasteiger partial charge in [0.05, 0.1) is 6.42 Å². The smallest absolute Gasteiger partial charge is 0.324 e. The molecule has 2 N–H and O–H groups in total. The fourth-order valence-corrected chi connectivity index (χ4v) is 6.06. The summed E-state index contributed by atoms with van der Waals surface area (Å²) in [5.74, 6) is 1.08. The second-order valence-electron chi connectivity index (χ2n) is 9.06. The van der Waals surface area contributed by atoms with Gasteiger partial charge in [-0.1, -0.05) is 0 Å². The van der Waals surface area contributed by atoms with Crippen molar-refractivity contribution in [3.8, 4) is 0 Å². The predicted octanol–water partition coefficient (Wildman–Crippen LogP) is 1.19. The lowest BCUT2D eigenvalue weighted by molar-refractivity contribution is -0.157. The van der Waals surface area contributed by atoms with Crippen molar-refractivity contribution in [2.45, 2.75) is 58.0 Å². The Kier molecular flexibility index (Phi) is 5.05. The summed E-state index contributed by atoms with van der Waals surface area (Å²) in [6.45, 7) is 2.35. The van der Waals surface area contributed by atoms with Gasteiger partial charge in [0.1, 0.15) is 0 Å². The monoisotopic (exact) mass is 391 g/mol. The molecule has 1 saturated heterocycles. The third-order valence-electron chi connectivity index (χ3n) is 6.91. The Labute approximate surface area is 164 Å². The first-order chi connectivity index (χ1) is 13.4. The molecule has 5 fully saturated rings. The molecule has 5 aliphatic rings. The Morgan fingerprint density at radius 1 is 1.18 bits per heavy atom. The Morgan fingerprint density at radius 3 is 2.32 bits per heavy atom. The number of carbonyl (C=O) groups is 4. The summed E-state index contributed by atoms with van der Waals surface area (Å²) in [4.78, 5) is 49.6. The van der Waals surface area contributed by atoms with E-state index in [1.165, 1.54) is 26.2 Å². The molecule has 5 rings (SSSR count). The normalized spacial score (nSPS) is 34.1. The van der Waals surface area contributed by atoms with E-state index in [0.717, 1.165) is 24.2 Å². The lowest BCUT2D eigenvalue weighted by Gasteiger charge is -2.55. The van der Waals surface area contributed by atoms with Crippen molar-refractivity contribution in [3.05, 3.63) is 0 Å². The van der Waals surface area contributed by atoms with Gasteiger partial charge in [0, 0.05) is 25.0 Å². The second kappa shape index (κ2) is 7.37. The maximum absolute atomic E-state index is 12.9. The lowest BCUT2D eigenvalue weighted by atomic mass is 9.49. The number of imide groups is 1. The fourth-order valence-electron chi connectivity index (χ4n) is 6.06. The number of urea groups is 1. The van der Waals surface area contributed by atoms with E-state index < -0.39 is 24.0 Å². The molecule has 4 saturated carbocycles. The number of amides is 4. The molecule has 0 aromatic rings. The van der Waals surface area contributed by atoms with Crippen LogP contribution in [0.15, 0.2) is 0 Å². The zero-order chi connectivity index (χ0) is 19.9. The van der Waals surface area contributed by atoms with Crippen molar-refractivity contribution in [2.24, 2.45) is 23.2 Å². The Bertz CT molecular complexity index is 656. The maximum Gasteiger partial charge on any atom is 0.324 e. The molecule has 28 heavy (non-hydrogen) atoms. The van der Waals surface area contributed by atoms with Crippen molar-refractivity contribution in [2.75, 3.05) is 19.6 Å². The number of hydrogen-bond acceptors (Lipinski definition) is 5. The first-order valence-corrected chi connectivity index (χ1v) is 10.4. The van der Waals surface area contributed by atoms with E-state index in [2.05, 4.69) is 10.6 Å². The van der Waals surface area contributed by atoms with Crippen molar-refractivity contribution in [1.82, 2.24) is 15.5 Å². The summed E-state index contributed by atoms with van der Waals surface area (Å²) in [7, 11) is 0. The molecule has 4 bridgehead atoms. The van der Waals surface area contributed by atoms with Crippen molar-refractivity contribution in [3.63, 3.8) is 0 Å². The molecule has 4 amide bonds. The minimum absolute atomic E-state index is 0.0158. The molecule has 0 aromatic carbocycles. The van der Waals surface area contributed by atoms with Crippen LogP contribution in [0.2, 0.25) is 0 Å². The largest absolute Gasteiger partial charge is 0.452 e. The molecular formula is C20H29N3O5. The van der Waals surface area contributed by atoms with Crippen LogP contribution in [-0.4, -0.2) is 54.5 Å². The Hall–Kier alpha value is -2.12. The highest BCUT2D eigenvalue weighted by Gasteiger charge is 2.54. The van der Waals surface area contributed by atoms with Crippen LogP contribution in [0.25, 0.3) is 0 Å². The molecule has 0 aromatic heterocycles. The van der Waals surface area contributed by atoms with E-state index in [-0.39, 0.29) is 30.8 Å². The molecular weight excluding hydrogens is 362 g/mol. The zero-order valence-electron chi connectivity index (χ0n) is 16.4. The van der Waals surface area contributed by atoms with Crippen molar-refractivity contribution < 1.29 is 23.9 Å². The summed E-state index contributed by atoms with van der Waals surface area (Å²) in [6, 6.07) is -0.462. The number of nitrogens with one attached hydrogen (secondary N) is 2. The van der Waals surface area contributed by atoms with Gasteiger partial charge in [-0.05, 0) is 63.2 Å². The standard InChI is InChI=1S/C20H29N3O5/c1-12(17(25)23-5-4-22-19(23)27)28-16(24)2-3-21-18(26)20-9-13-6-14(10-20)8-15(7-13)11-20/h12-15H,2-11H2,1H3,(H,21,26)(H,22,27). The highest BCUT2D eigenvalue weighted by molar-refractivity contribution is 5.98. The van der Waals surface area contributed by atoms with E-state index >= 15 is 0 Å². The minimum Gasteiger partial charge on any atom is -0.452 e. The summed E-state index contributed by atoms with van der Waals surface area (Å²) in [5.41, 5.74) is -0.231. The van der Waals surface area contributed by atoms with Gasteiger partial charge in [-0.3, -0.25) is 19.3 Å². The van der Waals surface area contributed by atoms with Crippen LogP contribution in [0, 0.1) is 23.2 Å². The highest BCUT2D eigenvalue weighted by Crippen LogP contribution is 2.60. The van der Waals surface area contributed by atoms with Gasteiger partial charge < -0.3 is 15.4 Å². The van der Waals surface area contributed by atoms with E-state index in [0.29, 0.717) is 24.3 Å². The van der Waals surface area contributed by atoms with Gasteiger partial charge in [0.15, 0.2) is 6.10 Å². The van der Waals surface area contributed by atoms with Gasteiger partial charge in [0.25, 0.3) is 5.91 Å². The van der Waals surface area contributed by atoms with Gasteiger partial charge in [-0.15, -0.1) is 0 Å². The van der Waals surface area contributed by atoms with E-state index in [1.807, 2.05) is 0 Å². The molecule has 8 heteroatoms. The minimum atomic E-state index is -1.02. The first kappa shape index (κ1) is 19.2. The Morgan fingerprint density at radius 2 is 1.79 bits per heavy atom. The molecule has 4 aliphatic carbocycles. The molecule has 0 radical (unpaired) electrons. The van der Waals surface area contributed by atoms with E-state index in [1.54, 1.807) is 0 Å². The molecule has 1 aliphatic heterocycles. The fraction of sp³-hybridized carbons (Fsp3) is 0.800. The Balaban J connectivity index is 1.22. The molecule has 154 valence electrons. The summed E-state index contributed by atoms with van der Waals surface area (Å²) < 4.78 is 5.14. The quantitative estimate of drug-likeness (QED) is 0.662. The SMILES string of the molecule is CC(OC(=O)CCNC(=O)C12CC3CC(CC(C3)C1)C2)C(=O)N1CCNC1=O. The summed E-state index contributed by atoms with van der Waals surface area (Å²) >= 11 is 0. The first-order valence-electron chi connectivity index (χ1n) is 10.4. The molecule has 1 heterocycles. The molecule has 1 unspecified atom stereocenters. The predicted molar refractivity (Wildman–Crippen MR) is 98.9 cm³/mol. The summed E-state index contributed by atoms with van der Waals surface area (Å²) in [5, 5.41) is 5.47. The third kappa shape index (κ3) is 3.61. The maximum atomic E-state index is 12.9. The second-order valence-corrected chi connectivity index (χ2v) is 9.06. The third-order valence-corrected chi connectivity index (χ3v) is 6.91. The van der Waals surface area contributed by atoms with Crippen LogP contribution in [0.4, 0.5) is 4.79 Å². The molecule has 8 nitrogen and oxygen atoms in total. The molecule has 1 atom stereocenters. The molecule has 0 spiro atoms. The zero-order valence-corrected chi connectivity index (χ0v) is 16.4. The van der Waals surface area contributed by atoms with Crippen molar-refractivity contribution >= 4 is 23.8 Å². The number of esters is 1. The van der Waals surface area contributed by atoms with Crippen LogP contribution in [0.1, 0.15) is 51.9 Å². The average Bonchev–Trinajstić information content (AvgIpc) is 3.05. The van der Waals surface area contributed by atoms with Crippen LogP contribution in [0.3, 0.4) is 0 Å². The lowest BCUT2D eigenvalue weighted by Crippen LogP contribution is -2.53. The number of hydrogen-bond donors (Lipinski definition) is 2. The van der Waals surface area contributed by atoms with Crippen LogP contribution in [0.5, 0.6) is 0 Å². The number of carbonyl (C=O) groups excluding carboxylic acids is 4. The van der Waals surface area contributed by atoms with Gasteiger partial charge in [-0.2, -0.15) is 0 Å². The van der Waals surface area contributed by atoms with Gasteiger partial charge in [-0.25, -0.2) is 4.79 Å². The van der Waals surface area contributed by atoms with E-state index in [4.69, 9.17) is 4.74 Å².